The number of nitro groups is 1. The van der Waals surface area contributed by atoms with Gasteiger partial charge in [-0.15, -0.1) is 0 Å². The number of nitro benzene ring substituents is 1. The van der Waals surface area contributed by atoms with Gasteiger partial charge in [-0.25, -0.2) is 0 Å². The largest absolute Gasteiger partial charge is 0.373 e. The lowest BCUT2D eigenvalue weighted by atomic mass is 10.1. The highest BCUT2D eigenvalue weighted by Crippen LogP contribution is 2.31. The number of hydrogen-bond donors (Lipinski definition) is 1. The Kier molecular flexibility index (Phi) is 4.77. The predicted molar refractivity (Wildman–Crippen MR) is 87.0 cm³/mol. The van der Waals surface area contributed by atoms with Crippen LogP contribution in [0.25, 0.3) is 0 Å². The van der Waals surface area contributed by atoms with Gasteiger partial charge in [0.15, 0.2) is 0 Å². The van der Waals surface area contributed by atoms with Crippen LogP contribution >= 0.6 is 31.9 Å². The molecule has 2 aromatic carbocycles. The second kappa shape index (κ2) is 6.37. The van der Waals surface area contributed by atoms with Gasteiger partial charge in [-0.3, -0.25) is 10.1 Å². The van der Waals surface area contributed by atoms with Gasteiger partial charge in [0.1, 0.15) is 5.69 Å². The number of benzene rings is 2. The van der Waals surface area contributed by atoms with Crippen LogP contribution in [0, 0.1) is 10.1 Å². The normalized spacial score (nSPS) is 11.9. The zero-order chi connectivity index (χ0) is 14.7. The highest BCUT2D eigenvalue weighted by atomic mass is 79.9. The molecule has 1 atom stereocenters. The van der Waals surface area contributed by atoms with Crippen molar-refractivity contribution >= 4 is 43.2 Å². The zero-order valence-electron chi connectivity index (χ0n) is 10.6. The molecule has 0 amide bonds. The van der Waals surface area contributed by atoms with Gasteiger partial charge in [0.05, 0.1) is 4.92 Å². The molecular weight excluding hydrogens is 388 g/mol. The lowest BCUT2D eigenvalue weighted by molar-refractivity contribution is -0.384. The molecule has 6 heteroatoms. The first-order chi connectivity index (χ1) is 9.47. The van der Waals surface area contributed by atoms with Crippen LogP contribution in [0.5, 0.6) is 0 Å². The van der Waals surface area contributed by atoms with Crippen LogP contribution in [0.3, 0.4) is 0 Å². The number of hydrogen-bond acceptors (Lipinski definition) is 3. The smallest absolute Gasteiger partial charge is 0.293 e. The zero-order valence-corrected chi connectivity index (χ0v) is 13.8. The maximum Gasteiger partial charge on any atom is 0.293 e. The van der Waals surface area contributed by atoms with Gasteiger partial charge in [0.2, 0.25) is 0 Å². The molecule has 0 aromatic heterocycles. The van der Waals surface area contributed by atoms with Gasteiger partial charge < -0.3 is 5.32 Å². The summed E-state index contributed by atoms with van der Waals surface area (Å²) in [6.07, 6.45) is 0. The lowest BCUT2D eigenvalue weighted by Gasteiger charge is -2.16. The molecule has 0 aliphatic rings. The van der Waals surface area contributed by atoms with Crippen molar-refractivity contribution in [3.05, 3.63) is 67.1 Å². The van der Waals surface area contributed by atoms with E-state index in [2.05, 4.69) is 37.2 Å². The maximum absolute atomic E-state index is 11.1. The fourth-order valence-corrected chi connectivity index (χ4v) is 2.64. The van der Waals surface area contributed by atoms with Crippen molar-refractivity contribution in [2.45, 2.75) is 13.0 Å². The highest BCUT2D eigenvalue weighted by Gasteiger charge is 2.16. The van der Waals surface area contributed by atoms with Gasteiger partial charge in [-0.1, -0.05) is 44.0 Å². The van der Waals surface area contributed by atoms with E-state index in [1.165, 1.54) is 6.07 Å². The molecule has 0 fully saturated rings. The van der Waals surface area contributed by atoms with Crippen LogP contribution in [0.15, 0.2) is 51.4 Å². The molecular formula is C14H12Br2N2O2. The molecule has 4 nitrogen and oxygen atoms in total. The van der Waals surface area contributed by atoms with E-state index in [4.69, 9.17) is 0 Å². The van der Waals surface area contributed by atoms with E-state index in [1.807, 2.05) is 31.2 Å². The molecule has 0 spiro atoms. The summed E-state index contributed by atoms with van der Waals surface area (Å²) in [4.78, 5) is 10.7. The molecule has 20 heavy (non-hydrogen) atoms. The van der Waals surface area contributed by atoms with Crippen molar-refractivity contribution in [2.75, 3.05) is 5.32 Å². The van der Waals surface area contributed by atoms with Crippen LogP contribution in [0.1, 0.15) is 18.5 Å². The van der Waals surface area contributed by atoms with E-state index >= 15 is 0 Å². The third-order valence-electron chi connectivity index (χ3n) is 2.88. The maximum atomic E-state index is 11.1. The first-order valence-electron chi connectivity index (χ1n) is 5.93. The Labute approximate surface area is 133 Å². The van der Waals surface area contributed by atoms with E-state index < -0.39 is 0 Å². The molecule has 0 saturated carbocycles. The van der Waals surface area contributed by atoms with Crippen LogP contribution in [-0.4, -0.2) is 4.92 Å². The summed E-state index contributed by atoms with van der Waals surface area (Å²) in [5.74, 6) is 0. The Bertz CT molecular complexity index is 647. The average molecular weight is 400 g/mol. The lowest BCUT2D eigenvalue weighted by Crippen LogP contribution is -2.08. The Hall–Kier alpha value is -1.40. The molecule has 1 N–H and O–H groups in total. The summed E-state index contributed by atoms with van der Waals surface area (Å²) >= 11 is 6.67. The fourth-order valence-electron chi connectivity index (χ4n) is 1.87. The minimum absolute atomic E-state index is 0.0348. The molecule has 0 heterocycles. The Balaban J connectivity index is 2.28. The van der Waals surface area contributed by atoms with Gasteiger partial charge in [-0.05, 0) is 36.8 Å². The molecule has 2 aromatic rings. The van der Waals surface area contributed by atoms with Crippen molar-refractivity contribution < 1.29 is 4.92 Å². The average Bonchev–Trinajstić information content (AvgIpc) is 2.40. The Morgan fingerprint density at radius 2 is 1.85 bits per heavy atom. The van der Waals surface area contributed by atoms with Gasteiger partial charge in [0, 0.05) is 21.1 Å². The molecule has 104 valence electrons. The molecule has 2 rings (SSSR count). The second-order valence-corrected chi connectivity index (χ2v) is 6.17. The number of halogens is 2. The van der Waals surface area contributed by atoms with Gasteiger partial charge in [0.25, 0.3) is 5.69 Å². The molecule has 1 unspecified atom stereocenters. The third-order valence-corrected chi connectivity index (χ3v) is 3.86. The monoisotopic (exact) mass is 398 g/mol. The minimum atomic E-state index is -0.388. The van der Waals surface area contributed by atoms with Crippen LogP contribution in [0.2, 0.25) is 0 Å². The summed E-state index contributed by atoms with van der Waals surface area (Å²) in [6, 6.07) is 12.8. The highest BCUT2D eigenvalue weighted by molar-refractivity contribution is 9.10. The molecule has 0 radical (unpaired) electrons. The standard InChI is InChI=1S/C14H12Br2N2O2/c1-9(10-3-2-4-11(15)7-10)17-13-6-5-12(16)8-14(13)18(19)20/h2-9,17H,1H3. The quantitative estimate of drug-likeness (QED) is 0.561. The Morgan fingerprint density at radius 1 is 1.15 bits per heavy atom. The van der Waals surface area contributed by atoms with E-state index in [9.17, 15) is 10.1 Å². The summed E-state index contributed by atoms with van der Waals surface area (Å²) in [5, 5.41) is 14.3. The first-order valence-corrected chi connectivity index (χ1v) is 7.52. The van der Waals surface area contributed by atoms with E-state index in [0.717, 1.165) is 10.0 Å². The molecule has 0 aliphatic heterocycles. The summed E-state index contributed by atoms with van der Waals surface area (Å²) in [5.41, 5.74) is 1.61. The van der Waals surface area contributed by atoms with Crippen molar-refractivity contribution in [3.8, 4) is 0 Å². The van der Waals surface area contributed by atoms with Crippen LogP contribution in [-0.2, 0) is 0 Å². The fraction of sp³-hybridized carbons (Fsp3) is 0.143. The van der Waals surface area contributed by atoms with Crippen LogP contribution in [0.4, 0.5) is 11.4 Å². The molecule has 0 bridgehead atoms. The van der Waals surface area contributed by atoms with E-state index in [1.54, 1.807) is 12.1 Å². The topological polar surface area (TPSA) is 55.2 Å². The second-order valence-electron chi connectivity index (χ2n) is 4.34. The van der Waals surface area contributed by atoms with E-state index in [-0.39, 0.29) is 16.7 Å². The van der Waals surface area contributed by atoms with Crippen LogP contribution < -0.4 is 5.32 Å². The SMILES string of the molecule is CC(Nc1ccc(Br)cc1[N+](=O)[O-])c1cccc(Br)c1. The van der Waals surface area contributed by atoms with Gasteiger partial charge in [-0.2, -0.15) is 0 Å². The molecule has 0 saturated heterocycles. The van der Waals surface area contributed by atoms with E-state index in [0.29, 0.717) is 10.2 Å². The Morgan fingerprint density at radius 3 is 2.50 bits per heavy atom. The van der Waals surface area contributed by atoms with Gasteiger partial charge >= 0.3 is 0 Å². The number of anilines is 1. The van der Waals surface area contributed by atoms with Crippen molar-refractivity contribution in [1.29, 1.82) is 0 Å². The molecule has 0 aliphatic carbocycles. The number of nitrogens with zero attached hydrogens (tertiary/aromatic N) is 1. The number of rotatable bonds is 4. The summed E-state index contributed by atoms with van der Waals surface area (Å²) in [6.45, 7) is 1.97. The number of nitrogens with one attached hydrogen (secondary N) is 1. The predicted octanol–water partition coefficient (Wildman–Crippen LogP) is 5.29. The first kappa shape index (κ1) is 15.0. The minimum Gasteiger partial charge on any atom is -0.373 e. The van der Waals surface area contributed by atoms with Crippen molar-refractivity contribution in [2.24, 2.45) is 0 Å². The van der Waals surface area contributed by atoms with Crippen molar-refractivity contribution in [1.82, 2.24) is 0 Å². The summed E-state index contributed by atoms with van der Waals surface area (Å²) in [7, 11) is 0. The summed E-state index contributed by atoms with van der Waals surface area (Å²) < 4.78 is 1.67. The third kappa shape index (κ3) is 3.58. The van der Waals surface area contributed by atoms with Crippen molar-refractivity contribution in [3.63, 3.8) is 0 Å².